The summed E-state index contributed by atoms with van der Waals surface area (Å²) in [5.41, 5.74) is 0.928. The van der Waals surface area contributed by atoms with Gasteiger partial charge >= 0.3 is 0 Å². The molecule has 2 saturated heterocycles. The third-order valence-corrected chi connectivity index (χ3v) is 6.58. The number of hydrogen-bond donors (Lipinski definition) is 0. The van der Waals surface area contributed by atoms with Gasteiger partial charge in [0.05, 0.1) is 22.5 Å². The summed E-state index contributed by atoms with van der Waals surface area (Å²) in [7, 11) is -3.04. The fourth-order valence-corrected chi connectivity index (χ4v) is 5.57. The van der Waals surface area contributed by atoms with Crippen molar-refractivity contribution in [3.63, 3.8) is 0 Å². The number of thiocarbonyl (C=S) groups is 1. The molecule has 0 spiro atoms. The molecule has 1 aromatic carbocycles. The van der Waals surface area contributed by atoms with Crippen molar-refractivity contribution < 1.29 is 13.2 Å². The highest BCUT2D eigenvalue weighted by molar-refractivity contribution is 8.26. The van der Waals surface area contributed by atoms with Crippen LogP contribution >= 0.6 is 24.0 Å². The molecule has 1 amide bonds. The first-order chi connectivity index (χ1) is 9.96. The molecule has 7 heteroatoms. The molecule has 2 aliphatic rings. The van der Waals surface area contributed by atoms with Crippen molar-refractivity contribution in [2.24, 2.45) is 0 Å². The van der Waals surface area contributed by atoms with Crippen LogP contribution in [0, 0.1) is 0 Å². The molecule has 0 bridgehead atoms. The summed E-state index contributed by atoms with van der Waals surface area (Å²) >= 11 is 6.49. The molecule has 0 radical (unpaired) electrons. The summed E-state index contributed by atoms with van der Waals surface area (Å²) in [6.45, 7) is 0. The number of benzene rings is 1. The number of carbonyl (C=O) groups is 1. The van der Waals surface area contributed by atoms with E-state index in [0.29, 0.717) is 15.6 Å². The largest absolute Gasteiger partial charge is 0.289 e. The maximum absolute atomic E-state index is 12.5. The fraction of sp³-hybridized carbons (Fsp3) is 0.286. The van der Waals surface area contributed by atoms with Crippen molar-refractivity contribution in [3.8, 4) is 0 Å². The van der Waals surface area contributed by atoms with Crippen LogP contribution in [0.4, 0.5) is 0 Å². The zero-order valence-corrected chi connectivity index (χ0v) is 13.5. The lowest BCUT2D eigenvalue weighted by Crippen LogP contribution is -2.39. The molecule has 2 aliphatic heterocycles. The van der Waals surface area contributed by atoms with E-state index in [1.807, 2.05) is 30.3 Å². The minimum Gasteiger partial charge on any atom is -0.289 e. The maximum atomic E-state index is 12.5. The first-order valence-corrected chi connectivity index (χ1v) is 9.53. The third kappa shape index (κ3) is 3.04. The van der Waals surface area contributed by atoms with Crippen molar-refractivity contribution >= 4 is 50.1 Å². The van der Waals surface area contributed by atoms with Gasteiger partial charge in [0, 0.05) is 0 Å². The minimum absolute atomic E-state index is 0.0120. The van der Waals surface area contributed by atoms with Crippen LogP contribution in [-0.4, -0.2) is 41.1 Å². The number of hydrogen-bond acceptors (Lipinski definition) is 5. The molecule has 21 heavy (non-hydrogen) atoms. The van der Waals surface area contributed by atoms with Gasteiger partial charge in [0.15, 0.2) is 9.84 Å². The fourth-order valence-electron chi connectivity index (χ4n) is 2.47. The Bertz CT molecular complexity index is 725. The monoisotopic (exact) mass is 339 g/mol. The summed E-state index contributed by atoms with van der Waals surface area (Å²) in [6.07, 6.45) is 2.26. The van der Waals surface area contributed by atoms with Crippen molar-refractivity contribution in [1.82, 2.24) is 4.90 Å². The van der Waals surface area contributed by atoms with Crippen LogP contribution in [-0.2, 0) is 14.6 Å². The second kappa shape index (κ2) is 5.55. The van der Waals surface area contributed by atoms with Gasteiger partial charge < -0.3 is 0 Å². The van der Waals surface area contributed by atoms with Gasteiger partial charge in [-0.25, -0.2) is 8.42 Å². The van der Waals surface area contributed by atoms with E-state index < -0.39 is 9.84 Å². The van der Waals surface area contributed by atoms with Gasteiger partial charge in [-0.3, -0.25) is 9.69 Å². The third-order valence-electron chi connectivity index (χ3n) is 3.49. The number of nitrogens with zero attached hydrogens (tertiary/aromatic N) is 1. The molecule has 0 saturated carbocycles. The average Bonchev–Trinajstić information content (AvgIpc) is 2.91. The highest BCUT2D eigenvalue weighted by Crippen LogP contribution is 2.36. The molecule has 1 aromatic rings. The predicted octanol–water partition coefficient (Wildman–Crippen LogP) is 2.07. The van der Waals surface area contributed by atoms with Crippen LogP contribution in [0.15, 0.2) is 35.2 Å². The van der Waals surface area contributed by atoms with Gasteiger partial charge in [-0.1, -0.05) is 54.3 Å². The Kier molecular flexibility index (Phi) is 3.90. The lowest BCUT2D eigenvalue weighted by molar-refractivity contribution is -0.123. The van der Waals surface area contributed by atoms with Gasteiger partial charge in [-0.05, 0) is 18.1 Å². The Morgan fingerprint density at radius 1 is 1.29 bits per heavy atom. The molecular weight excluding hydrogens is 326 g/mol. The summed E-state index contributed by atoms with van der Waals surface area (Å²) in [4.78, 5) is 14.5. The topological polar surface area (TPSA) is 54.5 Å². The first kappa shape index (κ1) is 14.7. The molecule has 4 nitrogen and oxygen atoms in total. The molecule has 110 valence electrons. The van der Waals surface area contributed by atoms with Crippen LogP contribution < -0.4 is 0 Å². The Labute approximate surface area is 133 Å². The maximum Gasteiger partial charge on any atom is 0.266 e. The second-order valence-corrected chi connectivity index (χ2v) is 8.92. The lowest BCUT2D eigenvalue weighted by atomic mass is 10.2. The van der Waals surface area contributed by atoms with E-state index in [-0.39, 0.29) is 23.5 Å². The van der Waals surface area contributed by atoms with Gasteiger partial charge in [0.1, 0.15) is 4.32 Å². The second-order valence-electron chi connectivity index (χ2n) is 5.02. The van der Waals surface area contributed by atoms with E-state index in [9.17, 15) is 13.2 Å². The molecule has 0 unspecified atom stereocenters. The molecule has 0 aliphatic carbocycles. The standard InChI is InChI=1S/C14H13NO3S3/c16-13-12(8-10-4-2-1-3-5-10)20-14(19)15(13)11-6-7-21(17,18)9-11/h1-5,8,11H,6-7,9H2/b12-8+/t11-/m1/s1. The van der Waals surface area contributed by atoms with Crippen LogP contribution in [0.5, 0.6) is 0 Å². The number of amides is 1. The van der Waals surface area contributed by atoms with E-state index in [0.717, 1.165) is 5.56 Å². The summed E-state index contributed by atoms with van der Waals surface area (Å²) in [5, 5.41) is 0. The Morgan fingerprint density at radius 2 is 2.00 bits per heavy atom. The van der Waals surface area contributed by atoms with Crippen LogP contribution in [0.25, 0.3) is 6.08 Å². The van der Waals surface area contributed by atoms with Gasteiger partial charge in [0.25, 0.3) is 5.91 Å². The van der Waals surface area contributed by atoms with Gasteiger partial charge in [0.2, 0.25) is 0 Å². The van der Waals surface area contributed by atoms with Crippen molar-refractivity contribution in [2.45, 2.75) is 12.5 Å². The van der Waals surface area contributed by atoms with E-state index in [1.165, 1.54) is 16.7 Å². The number of thioether (sulfide) groups is 1. The summed E-state index contributed by atoms with van der Waals surface area (Å²) < 4.78 is 23.6. The Morgan fingerprint density at radius 3 is 2.62 bits per heavy atom. The molecule has 0 aromatic heterocycles. The molecule has 1 atom stereocenters. The zero-order valence-electron chi connectivity index (χ0n) is 11.1. The first-order valence-electron chi connectivity index (χ1n) is 6.49. The number of rotatable bonds is 2. The molecule has 3 rings (SSSR count). The normalized spacial score (nSPS) is 26.8. The smallest absolute Gasteiger partial charge is 0.266 e. The summed E-state index contributed by atoms with van der Waals surface area (Å²) in [6, 6.07) is 9.21. The van der Waals surface area contributed by atoms with Crippen molar-refractivity contribution in [1.29, 1.82) is 0 Å². The Hall–Kier alpha value is -1.18. The quantitative estimate of drug-likeness (QED) is 0.610. The van der Waals surface area contributed by atoms with Crippen molar-refractivity contribution in [2.75, 3.05) is 11.5 Å². The van der Waals surface area contributed by atoms with Crippen LogP contribution in [0.2, 0.25) is 0 Å². The molecule has 0 N–H and O–H groups in total. The lowest BCUT2D eigenvalue weighted by Gasteiger charge is -2.20. The highest BCUT2D eigenvalue weighted by atomic mass is 32.2. The zero-order chi connectivity index (χ0) is 15.0. The molecule has 2 heterocycles. The Balaban J connectivity index is 1.85. The predicted molar refractivity (Wildman–Crippen MR) is 88.5 cm³/mol. The van der Waals surface area contributed by atoms with E-state index in [1.54, 1.807) is 6.08 Å². The minimum atomic E-state index is -3.04. The highest BCUT2D eigenvalue weighted by Gasteiger charge is 2.41. The molecule has 2 fully saturated rings. The summed E-state index contributed by atoms with van der Waals surface area (Å²) in [5.74, 6) is -0.0409. The van der Waals surface area contributed by atoms with Crippen LogP contribution in [0.1, 0.15) is 12.0 Å². The van der Waals surface area contributed by atoms with Gasteiger partial charge in [-0.2, -0.15) is 0 Å². The van der Waals surface area contributed by atoms with E-state index in [4.69, 9.17) is 12.2 Å². The van der Waals surface area contributed by atoms with Crippen molar-refractivity contribution in [3.05, 3.63) is 40.8 Å². The average molecular weight is 339 g/mol. The van der Waals surface area contributed by atoms with E-state index in [2.05, 4.69) is 0 Å². The SMILES string of the molecule is O=C1/C(=C\c2ccccc2)SC(=S)N1[C@@H]1CCS(=O)(=O)C1. The van der Waals surface area contributed by atoms with E-state index >= 15 is 0 Å². The van der Waals surface area contributed by atoms with Gasteiger partial charge in [-0.15, -0.1) is 0 Å². The van der Waals surface area contributed by atoms with Crippen LogP contribution in [0.3, 0.4) is 0 Å². The molecular formula is C14H13NO3S3. The number of sulfone groups is 1. The number of carbonyl (C=O) groups excluding carboxylic acids is 1.